The van der Waals surface area contributed by atoms with E-state index >= 15 is 0 Å². The molecule has 1 aromatic carbocycles. The fourth-order valence-corrected chi connectivity index (χ4v) is 1.65. The van der Waals surface area contributed by atoms with Crippen LogP contribution in [0.2, 0.25) is 0 Å². The van der Waals surface area contributed by atoms with Crippen molar-refractivity contribution in [2.75, 3.05) is 0 Å². The Hall–Kier alpha value is -1.14. The van der Waals surface area contributed by atoms with E-state index in [1.807, 2.05) is 0 Å². The molecule has 1 aliphatic rings. The number of halogens is 1. The monoisotopic (exact) mass is 231 g/mol. The van der Waals surface area contributed by atoms with Crippen molar-refractivity contribution in [1.82, 2.24) is 0 Å². The predicted molar refractivity (Wildman–Crippen MR) is 51.4 cm³/mol. The molecule has 0 aromatic heterocycles. The maximum atomic E-state index is 13.3. The highest BCUT2D eigenvalue weighted by atomic mass is 32.2. The van der Waals surface area contributed by atoms with Crippen LogP contribution in [-0.4, -0.2) is 14.5 Å². The van der Waals surface area contributed by atoms with Gasteiger partial charge in [0.1, 0.15) is 0 Å². The molecule has 15 heavy (non-hydrogen) atoms. The Morgan fingerprint density at radius 2 is 2.07 bits per heavy atom. The zero-order valence-corrected chi connectivity index (χ0v) is 8.63. The smallest absolute Gasteiger partial charge is 0.238 e. The van der Waals surface area contributed by atoms with Gasteiger partial charge in [-0.1, -0.05) is 0 Å². The van der Waals surface area contributed by atoms with Crippen molar-refractivity contribution in [3.05, 3.63) is 24.0 Å². The van der Waals surface area contributed by atoms with Crippen LogP contribution in [0.4, 0.5) is 4.39 Å². The minimum absolute atomic E-state index is 0.0693. The topological polar surface area (TPSA) is 69.4 Å². The van der Waals surface area contributed by atoms with Gasteiger partial charge in [-0.3, -0.25) is 0 Å². The van der Waals surface area contributed by atoms with Crippen LogP contribution in [0.5, 0.6) is 5.75 Å². The quantitative estimate of drug-likeness (QED) is 0.844. The van der Waals surface area contributed by atoms with E-state index in [-0.39, 0.29) is 16.7 Å². The first-order valence-electron chi connectivity index (χ1n) is 4.46. The molecule has 82 valence electrons. The Labute approximate surface area is 86.9 Å². The summed E-state index contributed by atoms with van der Waals surface area (Å²) in [6.07, 6.45) is 1.90. The standard InChI is InChI=1S/C9H10FNO3S/c10-8-5-7(15(11,12)13)3-4-9(8)14-6-1-2-6/h3-6H,1-2H2,(H2,11,12,13). The molecular formula is C9H10FNO3S. The number of benzene rings is 1. The summed E-state index contributed by atoms with van der Waals surface area (Å²) in [6, 6.07) is 3.39. The first kappa shape index (κ1) is 10.4. The highest BCUT2D eigenvalue weighted by molar-refractivity contribution is 7.89. The maximum absolute atomic E-state index is 13.3. The molecule has 0 radical (unpaired) electrons. The van der Waals surface area contributed by atoms with Crippen LogP contribution < -0.4 is 9.88 Å². The van der Waals surface area contributed by atoms with Crippen LogP contribution in [0, 0.1) is 5.82 Å². The molecule has 1 aliphatic carbocycles. The number of sulfonamides is 1. The Bertz CT molecular complexity index is 482. The van der Waals surface area contributed by atoms with Gasteiger partial charge in [0, 0.05) is 0 Å². The number of nitrogens with two attached hydrogens (primary N) is 1. The lowest BCUT2D eigenvalue weighted by molar-refractivity contribution is 0.287. The Morgan fingerprint density at radius 1 is 1.40 bits per heavy atom. The molecule has 0 aliphatic heterocycles. The second-order valence-electron chi connectivity index (χ2n) is 3.45. The van der Waals surface area contributed by atoms with Crippen LogP contribution in [0.3, 0.4) is 0 Å². The van der Waals surface area contributed by atoms with Crippen LogP contribution in [0.25, 0.3) is 0 Å². The molecule has 0 amide bonds. The van der Waals surface area contributed by atoms with E-state index in [0.29, 0.717) is 0 Å². The second kappa shape index (κ2) is 3.46. The summed E-state index contributed by atoms with van der Waals surface area (Å²) < 4.78 is 40.3. The Balaban J connectivity index is 2.29. The third-order valence-electron chi connectivity index (χ3n) is 2.05. The summed E-state index contributed by atoms with van der Waals surface area (Å²) in [7, 11) is -3.85. The van der Waals surface area contributed by atoms with Crippen molar-refractivity contribution in [2.24, 2.45) is 5.14 Å². The predicted octanol–water partition coefficient (Wildman–Crippen LogP) is 1.01. The molecule has 0 unspecified atom stereocenters. The number of hydrogen-bond donors (Lipinski definition) is 1. The van der Waals surface area contributed by atoms with Gasteiger partial charge in [-0.05, 0) is 31.0 Å². The van der Waals surface area contributed by atoms with Crippen LogP contribution in [-0.2, 0) is 10.0 Å². The summed E-state index contributed by atoms with van der Waals surface area (Å²) in [6.45, 7) is 0. The van der Waals surface area contributed by atoms with Crippen molar-refractivity contribution < 1.29 is 17.5 Å². The molecule has 6 heteroatoms. The van der Waals surface area contributed by atoms with Crippen molar-refractivity contribution in [3.63, 3.8) is 0 Å². The summed E-state index contributed by atoms with van der Waals surface area (Å²) in [5, 5.41) is 4.85. The van der Waals surface area contributed by atoms with Gasteiger partial charge in [0.05, 0.1) is 11.0 Å². The van der Waals surface area contributed by atoms with Crippen LogP contribution in [0.1, 0.15) is 12.8 Å². The van der Waals surface area contributed by atoms with Gasteiger partial charge in [0.15, 0.2) is 11.6 Å². The fourth-order valence-electron chi connectivity index (χ4n) is 1.12. The van der Waals surface area contributed by atoms with E-state index < -0.39 is 15.8 Å². The lowest BCUT2D eigenvalue weighted by atomic mass is 10.3. The van der Waals surface area contributed by atoms with Gasteiger partial charge in [-0.2, -0.15) is 0 Å². The van der Waals surface area contributed by atoms with E-state index in [0.717, 1.165) is 18.9 Å². The van der Waals surface area contributed by atoms with Gasteiger partial charge < -0.3 is 4.74 Å². The molecule has 0 saturated heterocycles. The average Bonchev–Trinajstić information content (AvgIpc) is 2.90. The van der Waals surface area contributed by atoms with Crippen LogP contribution in [0.15, 0.2) is 23.1 Å². The molecular weight excluding hydrogens is 221 g/mol. The van der Waals surface area contributed by atoms with E-state index in [2.05, 4.69) is 0 Å². The molecule has 4 nitrogen and oxygen atoms in total. The summed E-state index contributed by atoms with van der Waals surface area (Å²) in [4.78, 5) is -0.247. The largest absolute Gasteiger partial charge is 0.487 e. The SMILES string of the molecule is NS(=O)(=O)c1ccc(OC2CC2)c(F)c1. The molecule has 0 heterocycles. The third kappa shape index (κ3) is 2.45. The van der Waals surface area contributed by atoms with Crippen molar-refractivity contribution in [3.8, 4) is 5.75 Å². The lowest BCUT2D eigenvalue weighted by Gasteiger charge is -2.06. The summed E-state index contributed by atoms with van der Waals surface area (Å²) >= 11 is 0. The highest BCUT2D eigenvalue weighted by Crippen LogP contribution is 2.29. The summed E-state index contributed by atoms with van der Waals surface area (Å²) in [5.74, 6) is -0.627. The Kier molecular flexibility index (Phi) is 2.40. The van der Waals surface area contributed by atoms with Crippen LogP contribution >= 0.6 is 0 Å². The van der Waals surface area contributed by atoms with Gasteiger partial charge in [-0.25, -0.2) is 17.9 Å². The molecule has 0 atom stereocenters. The Morgan fingerprint density at radius 3 is 2.53 bits per heavy atom. The van der Waals surface area contributed by atoms with Crippen molar-refractivity contribution >= 4 is 10.0 Å². The first-order valence-corrected chi connectivity index (χ1v) is 6.00. The second-order valence-corrected chi connectivity index (χ2v) is 5.02. The maximum Gasteiger partial charge on any atom is 0.238 e. The minimum Gasteiger partial charge on any atom is -0.487 e. The van der Waals surface area contributed by atoms with Crippen molar-refractivity contribution in [1.29, 1.82) is 0 Å². The van der Waals surface area contributed by atoms with E-state index in [9.17, 15) is 12.8 Å². The van der Waals surface area contributed by atoms with E-state index in [1.165, 1.54) is 12.1 Å². The zero-order chi connectivity index (χ0) is 11.1. The molecule has 2 rings (SSSR count). The zero-order valence-electron chi connectivity index (χ0n) is 7.81. The molecule has 1 aromatic rings. The van der Waals surface area contributed by atoms with E-state index in [4.69, 9.17) is 9.88 Å². The number of rotatable bonds is 3. The molecule has 1 saturated carbocycles. The van der Waals surface area contributed by atoms with Gasteiger partial charge >= 0.3 is 0 Å². The number of hydrogen-bond acceptors (Lipinski definition) is 3. The van der Waals surface area contributed by atoms with Gasteiger partial charge in [0.2, 0.25) is 10.0 Å². The third-order valence-corrected chi connectivity index (χ3v) is 2.96. The normalized spacial score (nSPS) is 16.4. The lowest BCUT2D eigenvalue weighted by Crippen LogP contribution is -2.12. The number of ether oxygens (including phenoxy) is 1. The highest BCUT2D eigenvalue weighted by Gasteiger charge is 2.25. The van der Waals surface area contributed by atoms with Crippen molar-refractivity contribution in [2.45, 2.75) is 23.8 Å². The first-order chi connectivity index (χ1) is 6.97. The van der Waals surface area contributed by atoms with E-state index in [1.54, 1.807) is 0 Å². The average molecular weight is 231 g/mol. The van der Waals surface area contributed by atoms with Gasteiger partial charge in [-0.15, -0.1) is 0 Å². The molecule has 2 N–H and O–H groups in total. The fraction of sp³-hybridized carbons (Fsp3) is 0.333. The summed E-state index contributed by atoms with van der Waals surface area (Å²) in [5.41, 5.74) is 0. The van der Waals surface area contributed by atoms with Gasteiger partial charge in [0.25, 0.3) is 0 Å². The molecule has 1 fully saturated rings. The minimum atomic E-state index is -3.85. The number of primary sulfonamides is 1. The molecule has 0 spiro atoms. The molecule has 0 bridgehead atoms.